The summed E-state index contributed by atoms with van der Waals surface area (Å²) in [5.74, 6) is 0.277. The molecule has 0 saturated carbocycles. The zero-order valence-electron chi connectivity index (χ0n) is 11.0. The van der Waals surface area contributed by atoms with Crippen LogP contribution in [0.25, 0.3) is 0 Å². The van der Waals surface area contributed by atoms with Crippen LogP contribution in [0, 0.1) is 6.92 Å². The van der Waals surface area contributed by atoms with Gasteiger partial charge in [-0.1, -0.05) is 0 Å². The topological polar surface area (TPSA) is 46.3 Å². The molecule has 2 rings (SSSR count). The van der Waals surface area contributed by atoms with E-state index in [1.807, 2.05) is 4.90 Å². The third-order valence-corrected chi connectivity index (χ3v) is 4.66. The Morgan fingerprint density at radius 1 is 1.61 bits per heavy atom. The minimum atomic E-state index is 0.183. The fourth-order valence-electron chi connectivity index (χ4n) is 2.45. The number of thiophene rings is 1. The SMILES string of the molecule is Cc1ccsc1CCCC(=O)N1CCCC(N)C1. The minimum absolute atomic E-state index is 0.183. The highest BCUT2D eigenvalue weighted by Crippen LogP contribution is 2.18. The number of carbonyl (C=O) groups is 1. The van der Waals surface area contributed by atoms with Crippen LogP contribution in [0.1, 0.15) is 36.1 Å². The number of piperidine rings is 1. The van der Waals surface area contributed by atoms with Crippen LogP contribution in [0.15, 0.2) is 11.4 Å². The lowest BCUT2D eigenvalue weighted by molar-refractivity contribution is -0.132. The fourth-order valence-corrected chi connectivity index (χ4v) is 3.41. The molecule has 1 aromatic heterocycles. The van der Waals surface area contributed by atoms with Gasteiger partial charge in [0.25, 0.3) is 0 Å². The molecular formula is C14H22N2OS. The molecule has 1 atom stereocenters. The third-order valence-electron chi connectivity index (χ3n) is 3.57. The Balaban J connectivity index is 1.73. The molecule has 3 nitrogen and oxygen atoms in total. The summed E-state index contributed by atoms with van der Waals surface area (Å²) in [4.78, 5) is 15.4. The summed E-state index contributed by atoms with van der Waals surface area (Å²) in [6.45, 7) is 3.78. The second-order valence-corrected chi connectivity index (χ2v) is 6.12. The summed E-state index contributed by atoms with van der Waals surface area (Å²) in [5, 5.41) is 2.12. The highest BCUT2D eigenvalue weighted by molar-refractivity contribution is 7.10. The summed E-state index contributed by atoms with van der Waals surface area (Å²) < 4.78 is 0. The van der Waals surface area contributed by atoms with Crippen LogP contribution in [-0.4, -0.2) is 29.9 Å². The normalized spacial score (nSPS) is 20.1. The first-order chi connectivity index (χ1) is 8.66. The van der Waals surface area contributed by atoms with Gasteiger partial charge in [0.15, 0.2) is 0 Å². The van der Waals surface area contributed by atoms with Crippen molar-refractivity contribution >= 4 is 17.2 Å². The van der Waals surface area contributed by atoms with E-state index in [4.69, 9.17) is 5.73 Å². The zero-order valence-corrected chi connectivity index (χ0v) is 11.8. The molecule has 1 saturated heterocycles. The standard InChI is InChI=1S/C14H22N2OS/c1-11-7-9-18-13(11)5-2-6-14(17)16-8-3-4-12(15)10-16/h7,9,12H,2-6,8,10,15H2,1H3. The Labute approximate surface area is 113 Å². The lowest BCUT2D eigenvalue weighted by Gasteiger charge is -2.30. The number of nitrogens with zero attached hydrogens (tertiary/aromatic N) is 1. The number of hydrogen-bond acceptors (Lipinski definition) is 3. The highest BCUT2D eigenvalue weighted by Gasteiger charge is 2.20. The Bertz CT molecular complexity index is 402. The van der Waals surface area contributed by atoms with Crippen molar-refractivity contribution in [1.82, 2.24) is 4.90 Å². The first-order valence-electron chi connectivity index (χ1n) is 6.73. The summed E-state index contributed by atoms with van der Waals surface area (Å²) in [7, 11) is 0. The molecule has 0 aliphatic carbocycles. The Morgan fingerprint density at radius 2 is 2.44 bits per heavy atom. The monoisotopic (exact) mass is 266 g/mol. The number of carbonyl (C=O) groups excluding carboxylic acids is 1. The van der Waals surface area contributed by atoms with E-state index in [2.05, 4.69) is 18.4 Å². The van der Waals surface area contributed by atoms with E-state index in [0.29, 0.717) is 6.42 Å². The van der Waals surface area contributed by atoms with Crippen LogP contribution in [0.4, 0.5) is 0 Å². The maximum absolute atomic E-state index is 12.0. The average Bonchev–Trinajstić information content (AvgIpc) is 2.75. The van der Waals surface area contributed by atoms with Crippen molar-refractivity contribution in [3.05, 3.63) is 21.9 Å². The Morgan fingerprint density at radius 3 is 3.11 bits per heavy atom. The van der Waals surface area contributed by atoms with Gasteiger partial charge in [-0.15, -0.1) is 11.3 Å². The Hall–Kier alpha value is -0.870. The molecule has 1 amide bonds. The maximum atomic E-state index is 12.0. The summed E-state index contributed by atoms with van der Waals surface area (Å²) in [6, 6.07) is 2.33. The number of nitrogens with two attached hydrogens (primary N) is 1. The maximum Gasteiger partial charge on any atom is 0.222 e. The smallest absolute Gasteiger partial charge is 0.222 e. The first kappa shape index (κ1) is 13.6. The molecule has 1 unspecified atom stereocenters. The van der Waals surface area contributed by atoms with E-state index in [-0.39, 0.29) is 11.9 Å². The molecule has 2 heterocycles. The van der Waals surface area contributed by atoms with Crippen LogP contribution in [0.5, 0.6) is 0 Å². The molecule has 18 heavy (non-hydrogen) atoms. The van der Waals surface area contributed by atoms with Gasteiger partial charge in [-0.3, -0.25) is 4.79 Å². The first-order valence-corrected chi connectivity index (χ1v) is 7.61. The van der Waals surface area contributed by atoms with Crippen LogP contribution in [0.3, 0.4) is 0 Å². The van der Waals surface area contributed by atoms with Crippen LogP contribution >= 0.6 is 11.3 Å². The molecule has 1 aliphatic heterocycles. The van der Waals surface area contributed by atoms with Gasteiger partial charge in [0.05, 0.1) is 0 Å². The molecule has 1 aliphatic rings. The minimum Gasteiger partial charge on any atom is -0.341 e. The van der Waals surface area contributed by atoms with E-state index in [1.54, 1.807) is 11.3 Å². The van der Waals surface area contributed by atoms with Crippen molar-refractivity contribution in [2.45, 2.75) is 45.1 Å². The van der Waals surface area contributed by atoms with Gasteiger partial charge in [0, 0.05) is 30.4 Å². The van der Waals surface area contributed by atoms with Crippen molar-refractivity contribution in [3.8, 4) is 0 Å². The summed E-state index contributed by atoms with van der Waals surface area (Å²) in [5.41, 5.74) is 7.25. The molecule has 4 heteroatoms. The molecule has 100 valence electrons. The van der Waals surface area contributed by atoms with Gasteiger partial charge in [-0.25, -0.2) is 0 Å². The van der Waals surface area contributed by atoms with Crippen molar-refractivity contribution in [2.24, 2.45) is 5.73 Å². The van der Waals surface area contributed by atoms with E-state index in [0.717, 1.165) is 38.8 Å². The highest BCUT2D eigenvalue weighted by atomic mass is 32.1. The van der Waals surface area contributed by atoms with Crippen LogP contribution in [-0.2, 0) is 11.2 Å². The van der Waals surface area contributed by atoms with Gasteiger partial charge >= 0.3 is 0 Å². The van der Waals surface area contributed by atoms with Gasteiger partial charge in [0.2, 0.25) is 5.91 Å². The predicted molar refractivity (Wildman–Crippen MR) is 75.8 cm³/mol. The molecular weight excluding hydrogens is 244 g/mol. The molecule has 0 spiro atoms. The van der Waals surface area contributed by atoms with Crippen molar-refractivity contribution in [3.63, 3.8) is 0 Å². The fraction of sp³-hybridized carbons (Fsp3) is 0.643. The summed E-state index contributed by atoms with van der Waals surface area (Å²) >= 11 is 1.79. The summed E-state index contributed by atoms with van der Waals surface area (Å²) in [6.07, 6.45) is 4.74. The third kappa shape index (κ3) is 3.56. The van der Waals surface area contributed by atoms with Crippen LogP contribution in [0.2, 0.25) is 0 Å². The number of likely N-dealkylation sites (tertiary alicyclic amines) is 1. The van der Waals surface area contributed by atoms with Crippen molar-refractivity contribution in [2.75, 3.05) is 13.1 Å². The van der Waals surface area contributed by atoms with Gasteiger partial charge < -0.3 is 10.6 Å². The largest absolute Gasteiger partial charge is 0.341 e. The molecule has 0 aromatic carbocycles. The lowest BCUT2D eigenvalue weighted by atomic mass is 10.1. The Kier molecular flexibility index (Phi) is 4.78. The van der Waals surface area contributed by atoms with E-state index in [1.165, 1.54) is 10.4 Å². The molecule has 0 bridgehead atoms. The second kappa shape index (κ2) is 6.34. The number of rotatable bonds is 4. The number of hydrogen-bond donors (Lipinski definition) is 1. The molecule has 0 radical (unpaired) electrons. The van der Waals surface area contributed by atoms with Gasteiger partial charge in [-0.2, -0.15) is 0 Å². The van der Waals surface area contributed by atoms with Crippen molar-refractivity contribution < 1.29 is 4.79 Å². The molecule has 1 fully saturated rings. The van der Waals surface area contributed by atoms with Crippen LogP contribution < -0.4 is 5.73 Å². The van der Waals surface area contributed by atoms with Gasteiger partial charge in [-0.05, 0) is 49.6 Å². The molecule has 1 aromatic rings. The quantitative estimate of drug-likeness (QED) is 0.909. The van der Waals surface area contributed by atoms with Gasteiger partial charge in [0.1, 0.15) is 0 Å². The number of amides is 1. The molecule has 2 N–H and O–H groups in total. The lowest BCUT2D eigenvalue weighted by Crippen LogP contribution is -2.45. The van der Waals surface area contributed by atoms with E-state index in [9.17, 15) is 4.79 Å². The zero-order chi connectivity index (χ0) is 13.0. The predicted octanol–water partition coefficient (Wildman–Crippen LogP) is 2.33. The van der Waals surface area contributed by atoms with E-state index < -0.39 is 0 Å². The average molecular weight is 266 g/mol. The van der Waals surface area contributed by atoms with E-state index >= 15 is 0 Å². The second-order valence-electron chi connectivity index (χ2n) is 5.12. The van der Waals surface area contributed by atoms with Crippen molar-refractivity contribution in [1.29, 1.82) is 0 Å². The number of aryl methyl sites for hydroxylation is 2.